The van der Waals surface area contributed by atoms with Crippen molar-refractivity contribution in [1.82, 2.24) is 4.90 Å². The second-order valence-electron chi connectivity index (χ2n) is 3.49. The Morgan fingerprint density at radius 2 is 1.87 bits per heavy atom. The zero-order valence-electron chi connectivity index (χ0n) is 9.41. The molecule has 2 N–H and O–H groups in total. The van der Waals surface area contributed by atoms with Gasteiger partial charge in [0.2, 0.25) is 0 Å². The predicted octanol–water partition coefficient (Wildman–Crippen LogP) is 2.17. The molecule has 0 aliphatic rings. The minimum atomic E-state index is -0.167. The van der Waals surface area contributed by atoms with Crippen molar-refractivity contribution in [3.05, 3.63) is 35.6 Å². The van der Waals surface area contributed by atoms with Crippen LogP contribution in [0.5, 0.6) is 0 Å². The van der Waals surface area contributed by atoms with E-state index in [1.54, 1.807) is 6.07 Å². The highest BCUT2D eigenvalue weighted by atomic mass is 19.1. The zero-order chi connectivity index (χ0) is 11.3. The van der Waals surface area contributed by atoms with Gasteiger partial charge in [-0.05, 0) is 19.2 Å². The molecule has 0 aliphatic carbocycles. The van der Waals surface area contributed by atoms with Crippen LogP contribution in [-0.2, 0) is 0 Å². The monoisotopic (exact) mass is 210 g/mol. The van der Waals surface area contributed by atoms with Crippen LogP contribution < -0.4 is 5.73 Å². The van der Waals surface area contributed by atoms with Gasteiger partial charge in [-0.2, -0.15) is 0 Å². The molecule has 1 aromatic carbocycles. The number of likely N-dealkylation sites (N-methyl/N-ethyl adjacent to an activating group) is 1. The Bertz CT molecular complexity index is 297. The predicted molar refractivity (Wildman–Crippen MR) is 61.1 cm³/mol. The molecular formula is C12H19FN2. The number of halogens is 1. The minimum absolute atomic E-state index is 0.0128. The van der Waals surface area contributed by atoms with Crippen molar-refractivity contribution in [2.75, 3.05) is 19.6 Å². The van der Waals surface area contributed by atoms with Gasteiger partial charge in [0.05, 0.1) is 0 Å². The van der Waals surface area contributed by atoms with Crippen LogP contribution in [0.2, 0.25) is 0 Å². The van der Waals surface area contributed by atoms with Gasteiger partial charge in [-0.15, -0.1) is 0 Å². The minimum Gasteiger partial charge on any atom is -0.329 e. The highest BCUT2D eigenvalue weighted by molar-refractivity contribution is 5.21. The van der Waals surface area contributed by atoms with Crippen molar-refractivity contribution in [2.24, 2.45) is 5.73 Å². The second kappa shape index (κ2) is 5.83. The van der Waals surface area contributed by atoms with Crippen LogP contribution in [0.4, 0.5) is 4.39 Å². The summed E-state index contributed by atoms with van der Waals surface area (Å²) in [7, 11) is 0. The molecule has 0 bridgehead atoms. The number of hydrogen-bond donors (Lipinski definition) is 1. The topological polar surface area (TPSA) is 29.3 Å². The van der Waals surface area contributed by atoms with Crippen LogP contribution in [0.15, 0.2) is 24.3 Å². The van der Waals surface area contributed by atoms with E-state index in [2.05, 4.69) is 18.7 Å². The summed E-state index contributed by atoms with van der Waals surface area (Å²) in [5.41, 5.74) is 6.42. The highest BCUT2D eigenvalue weighted by Gasteiger charge is 2.18. The van der Waals surface area contributed by atoms with Crippen LogP contribution >= 0.6 is 0 Å². The third kappa shape index (κ3) is 2.76. The van der Waals surface area contributed by atoms with E-state index < -0.39 is 0 Å². The average molecular weight is 210 g/mol. The summed E-state index contributed by atoms with van der Waals surface area (Å²) < 4.78 is 13.6. The Hall–Kier alpha value is -0.930. The molecule has 0 aliphatic heterocycles. The quantitative estimate of drug-likeness (QED) is 0.807. The maximum Gasteiger partial charge on any atom is 0.128 e. The molecule has 1 rings (SSSR count). The first-order valence-electron chi connectivity index (χ1n) is 5.43. The lowest BCUT2D eigenvalue weighted by Crippen LogP contribution is -2.34. The lowest BCUT2D eigenvalue weighted by molar-refractivity contribution is 0.219. The molecule has 84 valence electrons. The van der Waals surface area contributed by atoms with Crippen molar-refractivity contribution in [3.8, 4) is 0 Å². The fourth-order valence-electron chi connectivity index (χ4n) is 1.88. The lowest BCUT2D eigenvalue weighted by atomic mass is 10.0. The number of rotatable bonds is 5. The van der Waals surface area contributed by atoms with Gasteiger partial charge in [0.25, 0.3) is 0 Å². The lowest BCUT2D eigenvalue weighted by Gasteiger charge is -2.29. The average Bonchev–Trinajstić information content (AvgIpc) is 2.27. The Kier molecular flexibility index (Phi) is 4.72. The molecule has 0 amide bonds. The van der Waals surface area contributed by atoms with Crippen LogP contribution in [0.25, 0.3) is 0 Å². The van der Waals surface area contributed by atoms with Crippen molar-refractivity contribution >= 4 is 0 Å². The van der Waals surface area contributed by atoms with E-state index in [0.29, 0.717) is 12.1 Å². The van der Waals surface area contributed by atoms with Crippen molar-refractivity contribution < 1.29 is 4.39 Å². The molecule has 1 atom stereocenters. The second-order valence-corrected chi connectivity index (χ2v) is 3.49. The van der Waals surface area contributed by atoms with Gasteiger partial charge in [-0.1, -0.05) is 32.0 Å². The summed E-state index contributed by atoms with van der Waals surface area (Å²) in [5.74, 6) is -0.167. The number of nitrogens with two attached hydrogens (primary N) is 1. The Balaban J connectivity index is 2.96. The molecule has 0 fully saturated rings. The molecule has 0 radical (unpaired) electrons. The first kappa shape index (κ1) is 12.1. The highest BCUT2D eigenvalue weighted by Crippen LogP contribution is 2.21. The zero-order valence-corrected chi connectivity index (χ0v) is 9.41. The Morgan fingerprint density at radius 1 is 1.27 bits per heavy atom. The van der Waals surface area contributed by atoms with Gasteiger partial charge in [0.15, 0.2) is 0 Å². The number of hydrogen-bond acceptors (Lipinski definition) is 2. The SMILES string of the molecule is CCN(CC)C(CN)c1ccccc1F. The van der Waals surface area contributed by atoms with E-state index >= 15 is 0 Å². The molecule has 1 aromatic rings. The molecule has 15 heavy (non-hydrogen) atoms. The fourth-order valence-corrected chi connectivity index (χ4v) is 1.88. The summed E-state index contributed by atoms with van der Waals surface area (Å²) in [6, 6.07) is 6.84. The maximum absolute atomic E-state index is 13.6. The van der Waals surface area contributed by atoms with Crippen LogP contribution in [0, 0.1) is 5.82 Å². The molecule has 2 nitrogen and oxygen atoms in total. The third-order valence-electron chi connectivity index (χ3n) is 2.74. The van der Waals surface area contributed by atoms with Crippen LogP contribution in [-0.4, -0.2) is 24.5 Å². The van der Waals surface area contributed by atoms with Crippen molar-refractivity contribution in [2.45, 2.75) is 19.9 Å². The van der Waals surface area contributed by atoms with Gasteiger partial charge in [-0.25, -0.2) is 4.39 Å². The van der Waals surface area contributed by atoms with E-state index in [1.807, 2.05) is 12.1 Å². The Morgan fingerprint density at radius 3 is 2.33 bits per heavy atom. The molecule has 1 unspecified atom stereocenters. The summed E-state index contributed by atoms with van der Waals surface area (Å²) >= 11 is 0. The van der Waals surface area contributed by atoms with E-state index in [0.717, 1.165) is 13.1 Å². The smallest absolute Gasteiger partial charge is 0.128 e. The van der Waals surface area contributed by atoms with Gasteiger partial charge < -0.3 is 5.73 Å². The van der Waals surface area contributed by atoms with Crippen molar-refractivity contribution in [1.29, 1.82) is 0 Å². The first-order valence-corrected chi connectivity index (χ1v) is 5.43. The van der Waals surface area contributed by atoms with E-state index in [9.17, 15) is 4.39 Å². The fraction of sp³-hybridized carbons (Fsp3) is 0.500. The molecule has 0 aromatic heterocycles. The molecular weight excluding hydrogens is 191 g/mol. The van der Waals surface area contributed by atoms with Gasteiger partial charge in [-0.3, -0.25) is 4.90 Å². The maximum atomic E-state index is 13.6. The normalized spacial score (nSPS) is 13.1. The molecule has 0 saturated heterocycles. The summed E-state index contributed by atoms with van der Waals surface area (Å²) in [4.78, 5) is 2.17. The van der Waals surface area contributed by atoms with Gasteiger partial charge in [0, 0.05) is 18.2 Å². The summed E-state index contributed by atoms with van der Waals surface area (Å²) in [5, 5.41) is 0. The standard InChI is InChI=1S/C12H19FN2/c1-3-15(4-2)12(9-14)10-7-5-6-8-11(10)13/h5-8,12H,3-4,9,14H2,1-2H3. The molecule has 3 heteroatoms. The first-order chi connectivity index (χ1) is 7.24. The van der Waals surface area contributed by atoms with E-state index in [1.165, 1.54) is 6.07 Å². The Labute approximate surface area is 90.9 Å². The van der Waals surface area contributed by atoms with Gasteiger partial charge >= 0.3 is 0 Å². The van der Waals surface area contributed by atoms with Crippen LogP contribution in [0.1, 0.15) is 25.5 Å². The summed E-state index contributed by atoms with van der Waals surface area (Å²) in [6.07, 6.45) is 0. The van der Waals surface area contributed by atoms with Crippen LogP contribution in [0.3, 0.4) is 0 Å². The molecule has 0 spiro atoms. The van der Waals surface area contributed by atoms with E-state index in [4.69, 9.17) is 5.73 Å². The van der Waals surface area contributed by atoms with E-state index in [-0.39, 0.29) is 11.9 Å². The number of nitrogens with zero attached hydrogens (tertiary/aromatic N) is 1. The number of benzene rings is 1. The third-order valence-corrected chi connectivity index (χ3v) is 2.74. The molecule has 0 heterocycles. The van der Waals surface area contributed by atoms with Gasteiger partial charge in [0.1, 0.15) is 5.82 Å². The largest absolute Gasteiger partial charge is 0.329 e. The summed E-state index contributed by atoms with van der Waals surface area (Å²) in [6.45, 7) is 6.34. The van der Waals surface area contributed by atoms with Crippen molar-refractivity contribution in [3.63, 3.8) is 0 Å². The molecule has 0 saturated carbocycles.